The topological polar surface area (TPSA) is 58.5 Å². The van der Waals surface area contributed by atoms with Crippen molar-refractivity contribution >= 4 is 41.7 Å². The molecule has 0 radical (unpaired) electrons. The summed E-state index contributed by atoms with van der Waals surface area (Å²) in [5.74, 6) is 1.38. The van der Waals surface area contributed by atoms with E-state index in [0.717, 1.165) is 18.1 Å². The summed E-state index contributed by atoms with van der Waals surface area (Å²) in [6.45, 7) is 3.50. The van der Waals surface area contributed by atoms with Crippen LogP contribution in [0, 0.1) is 6.92 Å². The Morgan fingerprint density at radius 3 is 2.56 bits per heavy atom. The van der Waals surface area contributed by atoms with Gasteiger partial charge in [-0.3, -0.25) is 4.99 Å². The van der Waals surface area contributed by atoms with Gasteiger partial charge in [-0.1, -0.05) is 18.2 Å². The normalized spacial score (nSPS) is 10.8. The van der Waals surface area contributed by atoms with Crippen LogP contribution in [0.5, 0.6) is 5.88 Å². The summed E-state index contributed by atoms with van der Waals surface area (Å²) in [6.07, 6.45) is 3.90. The minimum atomic E-state index is 0. The molecule has 1 aromatic carbocycles. The van der Waals surface area contributed by atoms with E-state index in [9.17, 15) is 0 Å². The molecule has 0 unspecified atom stereocenters. The van der Waals surface area contributed by atoms with E-state index in [-0.39, 0.29) is 24.0 Å². The monoisotopic (exact) mass is 472 g/mol. The van der Waals surface area contributed by atoms with Crippen LogP contribution < -0.4 is 15.4 Å². The van der Waals surface area contributed by atoms with E-state index in [1.54, 1.807) is 32.1 Å². The van der Waals surface area contributed by atoms with Gasteiger partial charge in [-0.25, -0.2) is 4.98 Å². The average molecular weight is 472 g/mol. The lowest BCUT2D eigenvalue weighted by atomic mass is 10.1. The molecule has 2 N–H and O–H groups in total. The number of aliphatic imine (C=N–C) groups is 1. The number of ether oxygens (including phenoxy) is 1. The number of methoxy groups -OCH3 is 1. The Morgan fingerprint density at radius 2 is 1.96 bits per heavy atom. The van der Waals surface area contributed by atoms with Gasteiger partial charge in [0.25, 0.3) is 0 Å². The van der Waals surface area contributed by atoms with Gasteiger partial charge in [0, 0.05) is 37.3 Å². The third-order valence-corrected chi connectivity index (χ3v) is 4.40. The van der Waals surface area contributed by atoms with Crippen molar-refractivity contribution in [1.82, 2.24) is 15.6 Å². The lowest BCUT2D eigenvalue weighted by Gasteiger charge is -2.14. The largest absolute Gasteiger partial charge is 0.481 e. The Balaban J connectivity index is 0.00000312. The molecule has 2 aromatic rings. The zero-order chi connectivity index (χ0) is 17.4. The fourth-order valence-corrected chi connectivity index (χ4v) is 2.93. The van der Waals surface area contributed by atoms with Crippen LogP contribution in [0.1, 0.15) is 16.7 Å². The molecule has 7 heteroatoms. The van der Waals surface area contributed by atoms with Gasteiger partial charge in [-0.15, -0.1) is 35.7 Å². The van der Waals surface area contributed by atoms with Crippen LogP contribution in [0.2, 0.25) is 0 Å². The van der Waals surface area contributed by atoms with Crippen molar-refractivity contribution < 1.29 is 4.74 Å². The first-order chi connectivity index (χ1) is 11.7. The van der Waals surface area contributed by atoms with Gasteiger partial charge in [0.2, 0.25) is 5.88 Å². The molecule has 0 fully saturated rings. The number of hydrogen-bond donors (Lipinski definition) is 2. The highest BCUT2D eigenvalue weighted by Gasteiger charge is 2.04. The molecule has 1 aromatic heterocycles. The number of thioether (sulfide) groups is 1. The first-order valence-corrected chi connectivity index (χ1v) is 8.95. The molecule has 0 aliphatic heterocycles. The number of aryl methyl sites for hydroxylation is 1. The molecule has 0 saturated carbocycles. The average Bonchev–Trinajstić information content (AvgIpc) is 2.63. The van der Waals surface area contributed by atoms with Gasteiger partial charge in [-0.2, -0.15) is 0 Å². The first-order valence-electron chi connectivity index (χ1n) is 7.73. The van der Waals surface area contributed by atoms with Gasteiger partial charge in [0.15, 0.2) is 5.96 Å². The smallest absolute Gasteiger partial charge is 0.212 e. The molecule has 0 saturated heterocycles. The maximum absolute atomic E-state index is 5.06. The minimum Gasteiger partial charge on any atom is -0.481 e. The molecule has 0 aliphatic rings. The molecule has 136 valence electrons. The first kappa shape index (κ1) is 21.6. The third-order valence-electron chi connectivity index (χ3n) is 3.58. The van der Waals surface area contributed by atoms with Crippen molar-refractivity contribution in [2.75, 3.05) is 20.4 Å². The van der Waals surface area contributed by atoms with E-state index >= 15 is 0 Å². The highest BCUT2D eigenvalue weighted by atomic mass is 127. The Bertz CT molecular complexity index is 692. The summed E-state index contributed by atoms with van der Waals surface area (Å²) < 4.78 is 5.06. The van der Waals surface area contributed by atoms with Crippen molar-refractivity contribution in [3.05, 3.63) is 53.2 Å². The summed E-state index contributed by atoms with van der Waals surface area (Å²) in [7, 11) is 3.38. The summed E-state index contributed by atoms with van der Waals surface area (Å²) in [5, 5.41) is 6.65. The van der Waals surface area contributed by atoms with E-state index in [1.807, 2.05) is 12.1 Å². The maximum atomic E-state index is 5.06. The van der Waals surface area contributed by atoms with Crippen LogP contribution in [0.15, 0.2) is 46.4 Å². The number of nitrogens with one attached hydrogen (secondary N) is 2. The maximum Gasteiger partial charge on any atom is 0.212 e. The van der Waals surface area contributed by atoms with Crippen LogP contribution in [0.25, 0.3) is 0 Å². The molecule has 25 heavy (non-hydrogen) atoms. The van der Waals surface area contributed by atoms with Gasteiger partial charge in [0.1, 0.15) is 0 Å². The second-order valence-corrected chi connectivity index (χ2v) is 6.15. The molecule has 0 bridgehead atoms. The SMILES string of the molecule is CN=C(NCc1ccc(OC)nc1)NCc1ccc(C)cc1SC.I. The van der Waals surface area contributed by atoms with E-state index in [1.165, 1.54) is 16.0 Å². The predicted octanol–water partition coefficient (Wildman–Crippen LogP) is 3.60. The van der Waals surface area contributed by atoms with Gasteiger partial charge < -0.3 is 15.4 Å². The molecule has 0 amide bonds. The second kappa shape index (κ2) is 11.2. The Morgan fingerprint density at radius 1 is 1.20 bits per heavy atom. The Kier molecular flexibility index (Phi) is 9.66. The number of nitrogens with zero attached hydrogens (tertiary/aromatic N) is 2. The molecule has 0 spiro atoms. The molecule has 1 heterocycles. The van der Waals surface area contributed by atoms with E-state index < -0.39 is 0 Å². The lowest BCUT2D eigenvalue weighted by Crippen LogP contribution is -2.36. The summed E-state index contributed by atoms with van der Waals surface area (Å²) >= 11 is 1.76. The predicted molar refractivity (Wildman–Crippen MR) is 116 cm³/mol. The number of halogens is 1. The third kappa shape index (κ3) is 6.74. The highest BCUT2D eigenvalue weighted by Crippen LogP contribution is 2.21. The molecule has 0 atom stereocenters. The summed E-state index contributed by atoms with van der Waals surface area (Å²) in [6, 6.07) is 10.3. The molecule has 2 rings (SSSR count). The summed E-state index contributed by atoms with van der Waals surface area (Å²) in [4.78, 5) is 9.76. The quantitative estimate of drug-likeness (QED) is 0.291. The second-order valence-electron chi connectivity index (χ2n) is 5.30. The van der Waals surface area contributed by atoms with Gasteiger partial charge in [-0.05, 0) is 35.9 Å². The zero-order valence-corrected chi connectivity index (χ0v) is 18.1. The number of hydrogen-bond acceptors (Lipinski definition) is 4. The van der Waals surface area contributed by atoms with Crippen molar-refractivity contribution in [3.8, 4) is 5.88 Å². The Hall–Kier alpha value is -1.48. The minimum absolute atomic E-state index is 0. The van der Waals surface area contributed by atoms with Crippen LogP contribution in [-0.2, 0) is 13.1 Å². The van der Waals surface area contributed by atoms with Crippen LogP contribution >= 0.6 is 35.7 Å². The molecule has 0 aliphatic carbocycles. The van der Waals surface area contributed by atoms with Crippen molar-refractivity contribution in [3.63, 3.8) is 0 Å². The van der Waals surface area contributed by atoms with E-state index in [2.05, 4.69) is 52.0 Å². The van der Waals surface area contributed by atoms with Crippen LogP contribution in [0.4, 0.5) is 0 Å². The van der Waals surface area contributed by atoms with Gasteiger partial charge in [0.05, 0.1) is 7.11 Å². The standard InChI is InChI=1S/C18H24N4OS.HI/c1-13-5-7-15(16(9-13)24-4)12-22-18(19-2)21-11-14-6-8-17(23-3)20-10-14;/h5-10H,11-12H2,1-4H3,(H2,19,21,22);1H. The number of pyridine rings is 1. The molecule has 5 nitrogen and oxygen atoms in total. The van der Waals surface area contributed by atoms with E-state index in [4.69, 9.17) is 4.74 Å². The lowest BCUT2D eigenvalue weighted by molar-refractivity contribution is 0.397. The highest BCUT2D eigenvalue weighted by molar-refractivity contribution is 14.0. The fourth-order valence-electron chi connectivity index (χ4n) is 2.22. The fraction of sp³-hybridized carbons (Fsp3) is 0.333. The van der Waals surface area contributed by atoms with Crippen molar-refractivity contribution in [2.24, 2.45) is 4.99 Å². The summed E-state index contributed by atoms with van der Waals surface area (Å²) in [5.41, 5.74) is 3.61. The van der Waals surface area contributed by atoms with Crippen molar-refractivity contribution in [1.29, 1.82) is 0 Å². The van der Waals surface area contributed by atoms with Crippen LogP contribution in [0.3, 0.4) is 0 Å². The zero-order valence-electron chi connectivity index (χ0n) is 15.0. The van der Waals surface area contributed by atoms with Gasteiger partial charge >= 0.3 is 0 Å². The van der Waals surface area contributed by atoms with Crippen LogP contribution in [-0.4, -0.2) is 31.4 Å². The van der Waals surface area contributed by atoms with E-state index in [0.29, 0.717) is 12.4 Å². The number of guanidine groups is 1. The number of aromatic nitrogens is 1. The number of rotatable bonds is 6. The Labute approximate surface area is 171 Å². The number of benzene rings is 1. The molecular weight excluding hydrogens is 447 g/mol. The molecular formula is C18H25IN4OS. The van der Waals surface area contributed by atoms with Crippen molar-refractivity contribution in [2.45, 2.75) is 24.9 Å².